The minimum absolute atomic E-state index is 0.00568. The lowest BCUT2D eigenvalue weighted by Gasteiger charge is -2.42. The van der Waals surface area contributed by atoms with Gasteiger partial charge >= 0.3 is 0 Å². The first kappa shape index (κ1) is 36.7. The summed E-state index contributed by atoms with van der Waals surface area (Å²) in [6.07, 6.45) is 6.58. The molecule has 0 bridgehead atoms. The molecule has 45 heavy (non-hydrogen) atoms. The molecule has 4 N–H and O–H groups in total. The summed E-state index contributed by atoms with van der Waals surface area (Å²) in [7, 11) is -3.72. The van der Waals surface area contributed by atoms with E-state index < -0.39 is 61.7 Å². The van der Waals surface area contributed by atoms with Crippen LogP contribution >= 0.6 is 0 Å². The van der Waals surface area contributed by atoms with Crippen molar-refractivity contribution < 1.29 is 28.2 Å². The molecule has 1 aromatic heterocycles. The smallest absolute Gasteiger partial charge is 0.243 e. The number of nitrogens with zero attached hydrogens (tertiary/aromatic N) is 2. The van der Waals surface area contributed by atoms with Crippen molar-refractivity contribution >= 4 is 21.7 Å². The molecule has 1 heterocycles. The first-order chi connectivity index (χ1) is 21.0. The Labute approximate surface area is 269 Å². The number of aliphatic hydroxyl groups is 2. The van der Waals surface area contributed by atoms with E-state index in [0.717, 1.165) is 37.7 Å². The van der Waals surface area contributed by atoms with Crippen molar-refractivity contribution in [1.82, 2.24) is 20.4 Å². The highest BCUT2D eigenvalue weighted by Gasteiger charge is 2.42. The van der Waals surface area contributed by atoms with Crippen molar-refractivity contribution in [3.8, 4) is 0 Å². The fraction of sp³-hybridized carbons (Fsp3) is 0.676. The van der Waals surface area contributed by atoms with Gasteiger partial charge in [0, 0.05) is 12.6 Å². The standard InChI is InChI=1S/C34H54N4O6S/c1-33(2,3)31(41)30(40)28(20-25-15-11-8-12-16-25)38(29(39)18-17-27-21-35-23-36-27)37-32(42)26(19-24-13-9-7-10-14-24)22-45(43,44)34(4,5)6/h7,9-10,13-14,21,23,25-26,28,30-31,40-41H,8,11-12,15-20,22H2,1-6H3,(H,35,36)(H,37,42)/t26-,28+,30-,31-/m1/s1. The summed E-state index contributed by atoms with van der Waals surface area (Å²) in [5, 5.41) is 24.1. The van der Waals surface area contributed by atoms with E-state index in [2.05, 4.69) is 15.4 Å². The number of hydrazine groups is 1. The third-order valence-corrected chi connectivity index (χ3v) is 11.6. The number of sulfone groups is 1. The van der Waals surface area contributed by atoms with E-state index in [4.69, 9.17) is 0 Å². The molecule has 0 spiro atoms. The van der Waals surface area contributed by atoms with Crippen LogP contribution in [0.15, 0.2) is 42.9 Å². The van der Waals surface area contributed by atoms with Gasteiger partial charge in [0.05, 0.1) is 40.6 Å². The molecule has 252 valence electrons. The number of imidazole rings is 1. The second kappa shape index (κ2) is 15.7. The van der Waals surface area contributed by atoms with E-state index in [1.54, 1.807) is 27.0 Å². The Hall–Kier alpha value is -2.76. The average Bonchev–Trinajstić information content (AvgIpc) is 3.50. The third-order valence-electron chi connectivity index (χ3n) is 8.93. The highest BCUT2D eigenvalue weighted by molar-refractivity contribution is 7.92. The summed E-state index contributed by atoms with van der Waals surface area (Å²) in [5.74, 6) is -2.27. The van der Waals surface area contributed by atoms with Gasteiger partial charge in [-0.3, -0.25) is 15.0 Å². The highest BCUT2D eigenvalue weighted by Crippen LogP contribution is 2.33. The SMILES string of the molecule is CC(C)(C)[C@H](O)[C@H](O)[C@H](CC1CCCCC1)N(NC(=O)[C@H](Cc1ccccc1)CS(=O)(=O)C(C)(C)C)C(=O)CCc1c[nH]cn1. The van der Waals surface area contributed by atoms with Gasteiger partial charge in [0.25, 0.3) is 0 Å². The maximum Gasteiger partial charge on any atom is 0.243 e. The first-order valence-corrected chi connectivity index (χ1v) is 17.9. The molecule has 1 aromatic carbocycles. The molecule has 10 nitrogen and oxygen atoms in total. The van der Waals surface area contributed by atoms with Gasteiger partial charge in [-0.1, -0.05) is 83.2 Å². The van der Waals surface area contributed by atoms with Crippen molar-refractivity contribution in [2.24, 2.45) is 17.3 Å². The van der Waals surface area contributed by atoms with Gasteiger partial charge in [-0.2, -0.15) is 0 Å². The number of aryl methyl sites for hydroxylation is 1. The molecule has 11 heteroatoms. The number of H-pyrrole nitrogens is 1. The van der Waals surface area contributed by atoms with E-state index in [9.17, 15) is 28.2 Å². The van der Waals surface area contributed by atoms with Crippen molar-refractivity contribution in [3.05, 3.63) is 54.1 Å². The molecular weight excluding hydrogens is 592 g/mol. The Kier molecular flexibility index (Phi) is 12.8. The Morgan fingerprint density at radius 2 is 1.69 bits per heavy atom. The predicted octanol–water partition coefficient (Wildman–Crippen LogP) is 4.38. The fourth-order valence-electron chi connectivity index (χ4n) is 5.85. The van der Waals surface area contributed by atoms with Crippen molar-refractivity contribution in [3.63, 3.8) is 0 Å². The van der Waals surface area contributed by atoms with Crippen LogP contribution in [0.25, 0.3) is 0 Å². The molecule has 0 radical (unpaired) electrons. The molecule has 0 saturated heterocycles. The molecular formula is C34H54N4O6S. The maximum absolute atomic E-state index is 14.2. The molecule has 1 aliphatic carbocycles. The average molecular weight is 647 g/mol. The quantitative estimate of drug-likeness (QED) is 0.236. The zero-order valence-corrected chi connectivity index (χ0v) is 28.6. The number of rotatable bonds is 13. The lowest BCUT2D eigenvalue weighted by Crippen LogP contribution is -2.61. The minimum Gasteiger partial charge on any atom is -0.390 e. The van der Waals surface area contributed by atoms with Crippen molar-refractivity contribution in [2.75, 3.05) is 5.75 Å². The number of benzene rings is 1. The number of hydrogen-bond acceptors (Lipinski definition) is 7. The summed E-state index contributed by atoms with van der Waals surface area (Å²) in [6.45, 7) is 10.3. The summed E-state index contributed by atoms with van der Waals surface area (Å²) >= 11 is 0. The van der Waals surface area contributed by atoms with Gasteiger partial charge in [0.2, 0.25) is 11.8 Å². The van der Waals surface area contributed by atoms with Crippen LogP contribution in [0.5, 0.6) is 0 Å². The zero-order chi connectivity index (χ0) is 33.4. The van der Waals surface area contributed by atoms with Gasteiger partial charge in [-0.05, 0) is 56.9 Å². The molecule has 1 fully saturated rings. The zero-order valence-electron chi connectivity index (χ0n) is 27.8. The fourth-order valence-corrected chi connectivity index (χ4v) is 7.15. The van der Waals surface area contributed by atoms with E-state index in [1.807, 2.05) is 51.1 Å². The van der Waals surface area contributed by atoms with Crippen LogP contribution < -0.4 is 5.43 Å². The molecule has 1 saturated carbocycles. The van der Waals surface area contributed by atoms with E-state index in [0.29, 0.717) is 18.5 Å². The molecule has 2 aromatic rings. The molecule has 2 amide bonds. The molecule has 3 rings (SSSR count). The molecule has 0 aliphatic heterocycles. The number of hydrogen-bond donors (Lipinski definition) is 4. The Balaban J connectivity index is 2.01. The van der Waals surface area contributed by atoms with Crippen LogP contribution in [0.3, 0.4) is 0 Å². The number of amides is 2. The van der Waals surface area contributed by atoms with Crippen molar-refractivity contribution in [1.29, 1.82) is 0 Å². The summed E-state index contributed by atoms with van der Waals surface area (Å²) in [5.41, 5.74) is 3.56. The van der Waals surface area contributed by atoms with Crippen LogP contribution in [0.2, 0.25) is 0 Å². The summed E-state index contributed by atoms with van der Waals surface area (Å²) in [4.78, 5) is 35.3. The van der Waals surface area contributed by atoms with E-state index >= 15 is 0 Å². The van der Waals surface area contributed by atoms with Gasteiger partial charge in [-0.15, -0.1) is 0 Å². The first-order valence-electron chi connectivity index (χ1n) is 16.2. The molecule has 0 unspecified atom stereocenters. The third kappa shape index (κ3) is 10.6. The Bertz CT molecular complexity index is 1310. The monoisotopic (exact) mass is 646 g/mol. The van der Waals surface area contributed by atoms with Crippen LogP contribution in [-0.4, -0.2) is 74.2 Å². The second-order valence-electron chi connectivity index (χ2n) is 14.7. The lowest BCUT2D eigenvalue weighted by atomic mass is 9.78. The number of aliphatic hydroxyl groups excluding tert-OH is 2. The van der Waals surface area contributed by atoms with Gasteiger partial charge < -0.3 is 15.2 Å². The summed E-state index contributed by atoms with van der Waals surface area (Å²) < 4.78 is 25.7. The number of aromatic amines is 1. The number of aromatic nitrogens is 2. The van der Waals surface area contributed by atoms with E-state index in [-0.39, 0.29) is 18.8 Å². The Morgan fingerprint density at radius 3 is 2.24 bits per heavy atom. The largest absolute Gasteiger partial charge is 0.390 e. The topological polar surface area (TPSA) is 153 Å². The van der Waals surface area contributed by atoms with Gasteiger partial charge in [0.15, 0.2) is 9.84 Å². The molecule has 4 atom stereocenters. The number of carbonyl (C=O) groups excluding carboxylic acids is 2. The highest BCUT2D eigenvalue weighted by atomic mass is 32.2. The van der Waals surface area contributed by atoms with Crippen LogP contribution in [-0.2, 0) is 32.3 Å². The van der Waals surface area contributed by atoms with Crippen LogP contribution in [0.1, 0.15) is 97.7 Å². The van der Waals surface area contributed by atoms with Crippen molar-refractivity contribution in [2.45, 2.75) is 122 Å². The maximum atomic E-state index is 14.2. The predicted molar refractivity (Wildman–Crippen MR) is 176 cm³/mol. The Morgan fingerprint density at radius 1 is 1.04 bits per heavy atom. The molecule has 1 aliphatic rings. The van der Waals surface area contributed by atoms with E-state index in [1.165, 1.54) is 11.3 Å². The lowest BCUT2D eigenvalue weighted by molar-refractivity contribution is -0.156. The minimum atomic E-state index is -3.72. The van der Waals surface area contributed by atoms with Crippen LogP contribution in [0.4, 0.5) is 0 Å². The van der Waals surface area contributed by atoms with Gasteiger partial charge in [-0.25, -0.2) is 18.4 Å². The van der Waals surface area contributed by atoms with Crippen LogP contribution in [0, 0.1) is 17.3 Å². The van der Waals surface area contributed by atoms with Gasteiger partial charge in [0.1, 0.15) is 6.10 Å². The number of carbonyl (C=O) groups is 2. The number of nitrogens with one attached hydrogen (secondary N) is 2. The second-order valence-corrected chi connectivity index (χ2v) is 17.5. The summed E-state index contributed by atoms with van der Waals surface area (Å²) in [6, 6.07) is 8.27. The normalized spacial score (nSPS) is 17.7.